The van der Waals surface area contributed by atoms with Crippen molar-refractivity contribution < 1.29 is 24.1 Å². The van der Waals surface area contributed by atoms with Gasteiger partial charge in [-0.1, -0.05) is 12.1 Å². The first-order chi connectivity index (χ1) is 14.7. The van der Waals surface area contributed by atoms with Gasteiger partial charge in [0.25, 0.3) is 0 Å². The van der Waals surface area contributed by atoms with Crippen LogP contribution in [0.4, 0.5) is 0 Å². The zero-order valence-electron chi connectivity index (χ0n) is 17.7. The molecule has 0 saturated carbocycles. The topological polar surface area (TPSA) is 80.3 Å². The molecule has 3 saturated heterocycles. The van der Waals surface area contributed by atoms with Gasteiger partial charge in [0.15, 0.2) is 0 Å². The Morgan fingerprint density at radius 2 is 2.13 bits per heavy atom. The Bertz CT molecular complexity index is 699. The molecular weight excluding hydrogens is 384 g/mol. The molecule has 1 amide bonds. The first-order valence-corrected chi connectivity index (χ1v) is 11.3. The maximum absolute atomic E-state index is 12.1. The monoisotopic (exact) mass is 418 g/mol. The highest BCUT2D eigenvalue weighted by Gasteiger charge is 2.42. The Morgan fingerprint density at radius 3 is 2.90 bits per heavy atom. The summed E-state index contributed by atoms with van der Waals surface area (Å²) in [6.07, 6.45) is 5.79. The molecule has 2 unspecified atom stereocenters. The lowest BCUT2D eigenvalue weighted by atomic mass is 9.88. The standard InChI is InChI=1S/C23H34N2O5/c26-12-14-28-19-4-1-3-18(15-19)17-25-10-8-23(9-11-25)7-6-20(30-23)16-24-22(27)21-5-2-13-29-21/h1,3-4,15,20-21,26H,2,5-14,16-17H2,(H,24,27). The largest absolute Gasteiger partial charge is 0.491 e. The summed E-state index contributed by atoms with van der Waals surface area (Å²) in [5.41, 5.74) is 1.20. The minimum Gasteiger partial charge on any atom is -0.491 e. The Labute approximate surface area is 178 Å². The van der Waals surface area contributed by atoms with Crippen molar-refractivity contribution in [3.63, 3.8) is 0 Å². The summed E-state index contributed by atoms with van der Waals surface area (Å²) >= 11 is 0. The minimum atomic E-state index is -0.267. The number of carbonyl (C=O) groups is 1. The average molecular weight is 419 g/mol. The third kappa shape index (κ3) is 5.52. The van der Waals surface area contributed by atoms with Crippen molar-refractivity contribution in [2.45, 2.75) is 62.9 Å². The van der Waals surface area contributed by atoms with Crippen LogP contribution in [0.25, 0.3) is 0 Å². The van der Waals surface area contributed by atoms with E-state index in [4.69, 9.17) is 19.3 Å². The molecule has 30 heavy (non-hydrogen) atoms. The second-order valence-corrected chi connectivity index (χ2v) is 8.70. The number of carbonyl (C=O) groups excluding carboxylic acids is 1. The highest BCUT2D eigenvalue weighted by atomic mass is 16.5. The summed E-state index contributed by atoms with van der Waals surface area (Å²) in [5.74, 6) is 0.819. The number of aliphatic hydroxyl groups excluding tert-OH is 1. The maximum atomic E-state index is 12.1. The normalized spacial score (nSPS) is 26.2. The summed E-state index contributed by atoms with van der Waals surface area (Å²) in [5, 5.41) is 11.9. The predicted molar refractivity (Wildman–Crippen MR) is 112 cm³/mol. The fraction of sp³-hybridized carbons (Fsp3) is 0.696. The van der Waals surface area contributed by atoms with Gasteiger partial charge >= 0.3 is 0 Å². The van der Waals surface area contributed by atoms with Crippen molar-refractivity contribution in [3.05, 3.63) is 29.8 Å². The summed E-state index contributed by atoms with van der Waals surface area (Å²) in [6, 6.07) is 8.10. The minimum absolute atomic E-state index is 0.0112. The van der Waals surface area contributed by atoms with E-state index in [1.165, 1.54) is 5.56 Å². The van der Waals surface area contributed by atoms with Crippen molar-refractivity contribution in [1.82, 2.24) is 10.2 Å². The molecule has 7 heteroatoms. The lowest BCUT2D eigenvalue weighted by Crippen LogP contribution is -2.45. The van der Waals surface area contributed by atoms with E-state index >= 15 is 0 Å². The molecule has 1 aromatic rings. The Morgan fingerprint density at radius 1 is 1.27 bits per heavy atom. The molecule has 166 valence electrons. The number of hydrogen-bond acceptors (Lipinski definition) is 6. The fourth-order valence-corrected chi connectivity index (χ4v) is 4.79. The lowest BCUT2D eigenvalue weighted by Gasteiger charge is -2.39. The van der Waals surface area contributed by atoms with Crippen LogP contribution in [0.5, 0.6) is 5.75 Å². The van der Waals surface area contributed by atoms with Crippen LogP contribution in [-0.4, -0.2) is 73.2 Å². The van der Waals surface area contributed by atoms with Crippen molar-refractivity contribution in [1.29, 1.82) is 0 Å². The second-order valence-electron chi connectivity index (χ2n) is 8.70. The van der Waals surface area contributed by atoms with Crippen LogP contribution in [0.2, 0.25) is 0 Å². The molecule has 0 radical (unpaired) electrons. The molecule has 7 nitrogen and oxygen atoms in total. The summed E-state index contributed by atoms with van der Waals surface area (Å²) in [7, 11) is 0. The molecule has 3 aliphatic rings. The molecule has 0 bridgehead atoms. The Kier molecular flexibility index (Phi) is 7.25. The number of amides is 1. The van der Waals surface area contributed by atoms with Crippen molar-refractivity contribution in [2.24, 2.45) is 0 Å². The van der Waals surface area contributed by atoms with Crippen LogP contribution in [-0.2, 0) is 20.8 Å². The van der Waals surface area contributed by atoms with Crippen molar-refractivity contribution in [3.8, 4) is 5.75 Å². The number of nitrogens with one attached hydrogen (secondary N) is 1. The molecule has 0 aliphatic carbocycles. The van der Waals surface area contributed by atoms with Gasteiger partial charge in [-0.3, -0.25) is 9.69 Å². The quantitative estimate of drug-likeness (QED) is 0.671. The van der Waals surface area contributed by atoms with Gasteiger partial charge in [-0.25, -0.2) is 0 Å². The van der Waals surface area contributed by atoms with E-state index in [0.717, 1.165) is 63.9 Å². The number of aliphatic hydroxyl groups is 1. The van der Waals surface area contributed by atoms with Crippen LogP contribution in [0, 0.1) is 0 Å². The van der Waals surface area contributed by atoms with Gasteiger partial charge in [-0.15, -0.1) is 0 Å². The first kappa shape index (κ1) is 21.6. The van der Waals surface area contributed by atoms with Crippen LogP contribution < -0.4 is 10.1 Å². The zero-order chi connectivity index (χ0) is 20.8. The lowest BCUT2D eigenvalue weighted by molar-refractivity contribution is -0.131. The van der Waals surface area contributed by atoms with Gasteiger partial charge in [0.2, 0.25) is 5.91 Å². The summed E-state index contributed by atoms with van der Waals surface area (Å²) in [6.45, 7) is 4.54. The number of ether oxygens (including phenoxy) is 3. The predicted octanol–water partition coefficient (Wildman–Crippen LogP) is 1.87. The summed E-state index contributed by atoms with van der Waals surface area (Å²) < 4.78 is 17.4. The fourth-order valence-electron chi connectivity index (χ4n) is 4.79. The average Bonchev–Trinajstić information content (AvgIpc) is 3.44. The van der Waals surface area contributed by atoms with E-state index in [-0.39, 0.29) is 30.3 Å². The molecule has 3 fully saturated rings. The number of rotatable bonds is 8. The third-order valence-electron chi connectivity index (χ3n) is 6.50. The third-order valence-corrected chi connectivity index (χ3v) is 6.50. The highest BCUT2D eigenvalue weighted by Crippen LogP contribution is 2.39. The molecule has 2 N–H and O–H groups in total. The summed E-state index contributed by atoms with van der Waals surface area (Å²) in [4.78, 5) is 14.6. The van der Waals surface area contributed by atoms with E-state index < -0.39 is 0 Å². The molecule has 2 atom stereocenters. The van der Waals surface area contributed by atoms with E-state index in [2.05, 4.69) is 22.3 Å². The van der Waals surface area contributed by atoms with Crippen molar-refractivity contribution >= 4 is 5.91 Å². The van der Waals surface area contributed by atoms with E-state index in [1.54, 1.807) is 0 Å². The SMILES string of the molecule is O=C(NCC1CCC2(CCN(Cc3cccc(OCCO)c3)CC2)O1)C1CCCO1. The number of piperidine rings is 1. The molecule has 3 heterocycles. The van der Waals surface area contributed by atoms with E-state index in [1.807, 2.05) is 12.1 Å². The first-order valence-electron chi connectivity index (χ1n) is 11.3. The zero-order valence-corrected chi connectivity index (χ0v) is 17.7. The molecule has 3 aliphatic heterocycles. The van der Waals surface area contributed by atoms with Gasteiger partial charge in [-0.2, -0.15) is 0 Å². The Hall–Kier alpha value is -1.67. The van der Waals surface area contributed by atoms with Crippen molar-refractivity contribution in [2.75, 3.05) is 39.5 Å². The number of benzene rings is 1. The number of hydrogen-bond donors (Lipinski definition) is 2. The van der Waals surface area contributed by atoms with Gasteiger partial charge in [0, 0.05) is 32.8 Å². The Balaban J connectivity index is 1.20. The van der Waals surface area contributed by atoms with Gasteiger partial charge in [0.05, 0.1) is 18.3 Å². The van der Waals surface area contributed by atoms with E-state index in [9.17, 15) is 4.79 Å². The number of nitrogens with zero attached hydrogens (tertiary/aromatic N) is 1. The van der Waals surface area contributed by atoms with Crippen LogP contribution in [0.1, 0.15) is 44.1 Å². The number of likely N-dealkylation sites (tertiary alicyclic amines) is 1. The molecule has 0 aromatic heterocycles. The molecule has 4 rings (SSSR count). The van der Waals surface area contributed by atoms with Gasteiger partial charge in [0.1, 0.15) is 18.5 Å². The molecular formula is C23H34N2O5. The highest BCUT2D eigenvalue weighted by molar-refractivity contribution is 5.80. The van der Waals surface area contributed by atoms with E-state index in [0.29, 0.717) is 19.8 Å². The molecule has 1 spiro atoms. The smallest absolute Gasteiger partial charge is 0.249 e. The second kappa shape index (κ2) is 10.1. The van der Waals surface area contributed by atoms with Crippen LogP contribution >= 0.6 is 0 Å². The van der Waals surface area contributed by atoms with Gasteiger partial charge in [-0.05, 0) is 56.2 Å². The van der Waals surface area contributed by atoms with Gasteiger partial charge < -0.3 is 24.6 Å². The van der Waals surface area contributed by atoms with Crippen LogP contribution in [0.15, 0.2) is 24.3 Å². The van der Waals surface area contributed by atoms with Crippen LogP contribution in [0.3, 0.4) is 0 Å². The maximum Gasteiger partial charge on any atom is 0.249 e. The molecule has 1 aromatic carbocycles.